The molecule has 0 spiro atoms. The van der Waals surface area contributed by atoms with Gasteiger partial charge in [0.05, 0.1) is 6.26 Å². The van der Waals surface area contributed by atoms with E-state index < -0.39 is 4.29 Å². The van der Waals surface area contributed by atoms with E-state index in [0.29, 0.717) is 23.2 Å². The lowest BCUT2D eigenvalue weighted by molar-refractivity contribution is 0.557. The van der Waals surface area contributed by atoms with Gasteiger partial charge in [0.2, 0.25) is 0 Å². The second-order valence-electron chi connectivity index (χ2n) is 3.69. The maximum atomic E-state index is 5.24. The van der Waals surface area contributed by atoms with Crippen molar-refractivity contribution in [2.24, 2.45) is 0 Å². The van der Waals surface area contributed by atoms with Gasteiger partial charge in [0.15, 0.2) is 21.8 Å². The number of hydrogen-bond acceptors (Lipinski definition) is 4. The van der Waals surface area contributed by atoms with Crippen LogP contribution in [0, 0.1) is 0 Å². The molecule has 0 aliphatic rings. The van der Waals surface area contributed by atoms with E-state index in [1.54, 1.807) is 18.4 Å². The third kappa shape index (κ3) is 5.49. The predicted octanol–water partition coefficient (Wildman–Crippen LogP) is 6.23. The van der Waals surface area contributed by atoms with Crippen molar-refractivity contribution in [1.29, 1.82) is 0 Å². The van der Waals surface area contributed by atoms with E-state index in [0.717, 1.165) is 0 Å². The highest BCUT2D eigenvalue weighted by Crippen LogP contribution is 2.46. The van der Waals surface area contributed by atoms with E-state index in [1.807, 2.05) is 12.1 Å². The largest absolute Gasteiger partial charge is 0.465 e. The van der Waals surface area contributed by atoms with Gasteiger partial charge < -0.3 is 4.42 Å². The summed E-state index contributed by atoms with van der Waals surface area (Å²) in [7, 11) is 0. The molecule has 2 rings (SSSR count). The molecule has 0 amide bonds. The van der Waals surface area contributed by atoms with Crippen molar-refractivity contribution >= 4 is 108 Å². The average molecular weight is 675 g/mol. The summed E-state index contributed by atoms with van der Waals surface area (Å²) in [6.07, 6.45) is 5.12. The van der Waals surface area contributed by atoms with Crippen molar-refractivity contribution in [1.82, 2.24) is 15.0 Å². The molecule has 0 aliphatic heterocycles. The van der Waals surface area contributed by atoms with Crippen molar-refractivity contribution < 1.29 is 4.42 Å². The van der Waals surface area contributed by atoms with Crippen molar-refractivity contribution in [2.45, 2.75) is 4.29 Å². The van der Waals surface area contributed by atoms with E-state index >= 15 is 0 Å². The van der Waals surface area contributed by atoms with Gasteiger partial charge in [-0.3, -0.25) is 0 Å². The normalized spacial score (nSPS) is 13.0. The molecule has 112 valence electrons. The van der Waals surface area contributed by atoms with Crippen LogP contribution in [0.15, 0.2) is 22.8 Å². The fraction of sp³-hybridized carbons (Fsp3) is 0.182. The zero-order chi connectivity index (χ0) is 15.7. The zero-order valence-corrected chi connectivity index (χ0v) is 19.4. The van der Waals surface area contributed by atoms with E-state index in [4.69, 9.17) is 4.42 Å². The van der Waals surface area contributed by atoms with Crippen LogP contribution in [0.2, 0.25) is 0 Å². The van der Waals surface area contributed by atoms with E-state index in [2.05, 4.69) is 111 Å². The minimum Gasteiger partial charge on any atom is -0.465 e. The molecule has 0 atom stereocenters. The Kier molecular flexibility index (Phi) is 6.27. The van der Waals surface area contributed by atoms with Crippen LogP contribution in [-0.2, 0) is 4.29 Å². The number of furan rings is 1. The Morgan fingerprint density at radius 1 is 0.857 bits per heavy atom. The first-order valence-corrected chi connectivity index (χ1v) is 10.0. The van der Waals surface area contributed by atoms with E-state index in [1.165, 1.54) is 0 Å². The second-order valence-corrected chi connectivity index (χ2v) is 17.2. The smallest absolute Gasteiger partial charge is 0.194 e. The van der Waals surface area contributed by atoms with Crippen molar-refractivity contribution in [2.75, 3.05) is 0 Å². The lowest BCUT2D eigenvalue weighted by Crippen LogP contribution is -2.15. The number of aromatic nitrogens is 3. The topological polar surface area (TPSA) is 51.8 Å². The summed E-state index contributed by atoms with van der Waals surface area (Å²) in [4.78, 5) is 13.1. The minimum atomic E-state index is -0.740. The summed E-state index contributed by atoms with van der Waals surface area (Å²) < 4.78 is 3.76. The Hall–Kier alpha value is 0.910. The van der Waals surface area contributed by atoms with Gasteiger partial charge >= 0.3 is 0 Å². The van der Waals surface area contributed by atoms with Crippen molar-refractivity contribution in [3.63, 3.8) is 0 Å². The molecule has 2 heterocycles. The number of halogens is 6. The standard InChI is InChI=1S/C11H5Br6N3O/c12-10(13,14)8-18-7(4-3-6-2-1-5-21-6)19-9(20-8)11(15,16)17/h1-5H/b4-3+. The average Bonchev–Trinajstić information content (AvgIpc) is 2.87. The Morgan fingerprint density at radius 2 is 1.43 bits per heavy atom. The third-order valence-corrected chi connectivity index (χ3v) is 4.23. The molecule has 0 fully saturated rings. The van der Waals surface area contributed by atoms with Gasteiger partial charge in [-0.15, -0.1) is 0 Å². The maximum Gasteiger partial charge on any atom is 0.194 e. The molecule has 21 heavy (non-hydrogen) atoms. The number of nitrogens with zero attached hydrogens (tertiary/aromatic N) is 3. The summed E-state index contributed by atoms with van der Waals surface area (Å²) >= 11 is 20.4. The maximum absolute atomic E-state index is 5.24. The van der Waals surface area contributed by atoms with Crippen molar-refractivity contribution in [3.05, 3.63) is 41.6 Å². The highest BCUT2D eigenvalue weighted by Gasteiger charge is 2.31. The third-order valence-electron chi connectivity index (χ3n) is 2.10. The number of rotatable bonds is 2. The SMILES string of the molecule is BrC(Br)(Br)c1nc(/C=C/c2ccco2)nc(C(Br)(Br)Br)n1. The Bertz CT molecular complexity index is 613. The molecule has 0 radical (unpaired) electrons. The molecule has 2 aromatic rings. The summed E-state index contributed by atoms with van der Waals surface area (Å²) in [5, 5.41) is 0. The van der Waals surface area contributed by atoms with Crippen LogP contribution in [0.3, 0.4) is 0 Å². The number of alkyl halides is 6. The van der Waals surface area contributed by atoms with Crippen LogP contribution in [0.4, 0.5) is 0 Å². The highest BCUT2D eigenvalue weighted by molar-refractivity contribution is 9.39. The lowest BCUT2D eigenvalue weighted by Gasteiger charge is -2.15. The summed E-state index contributed by atoms with van der Waals surface area (Å²) in [5.74, 6) is 2.13. The van der Waals surface area contributed by atoms with Gasteiger partial charge in [0.1, 0.15) is 5.76 Å². The van der Waals surface area contributed by atoms with Crippen LogP contribution in [0.25, 0.3) is 12.2 Å². The first-order valence-electron chi connectivity index (χ1n) is 5.28. The van der Waals surface area contributed by atoms with Crippen LogP contribution in [-0.4, -0.2) is 15.0 Å². The molecule has 0 aromatic carbocycles. The zero-order valence-electron chi connectivity index (χ0n) is 9.90. The summed E-state index contributed by atoms with van der Waals surface area (Å²) in [5.41, 5.74) is 0. The summed E-state index contributed by atoms with van der Waals surface area (Å²) in [6, 6.07) is 3.65. The molecule has 0 aliphatic carbocycles. The van der Waals surface area contributed by atoms with Gasteiger partial charge in [0.25, 0.3) is 0 Å². The van der Waals surface area contributed by atoms with E-state index in [9.17, 15) is 0 Å². The molecule has 0 saturated heterocycles. The quantitative estimate of drug-likeness (QED) is 0.355. The van der Waals surface area contributed by atoms with Crippen LogP contribution in [0.1, 0.15) is 23.2 Å². The molecule has 2 aromatic heterocycles. The molecule has 10 heteroatoms. The molecule has 0 saturated carbocycles. The highest BCUT2D eigenvalue weighted by atomic mass is 80.0. The van der Waals surface area contributed by atoms with Crippen LogP contribution < -0.4 is 0 Å². The predicted molar refractivity (Wildman–Crippen MR) is 104 cm³/mol. The van der Waals surface area contributed by atoms with Crippen LogP contribution >= 0.6 is 95.6 Å². The van der Waals surface area contributed by atoms with Gasteiger partial charge in [0, 0.05) is 0 Å². The number of hydrogen-bond donors (Lipinski definition) is 0. The first kappa shape index (κ1) is 18.3. The first-order chi connectivity index (χ1) is 9.66. The van der Waals surface area contributed by atoms with Gasteiger partial charge in [-0.1, -0.05) is 95.6 Å². The van der Waals surface area contributed by atoms with Gasteiger partial charge in [-0.25, -0.2) is 15.0 Å². The fourth-order valence-electron chi connectivity index (χ4n) is 1.26. The van der Waals surface area contributed by atoms with E-state index in [-0.39, 0.29) is 0 Å². The fourth-order valence-corrected chi connectivity index (χ4v) is 2.33. The second kappa shape index (κ2) is 7.21. The van der Waals surface area contributed by atoms with Gasteiger partial charge in [-0.05, 0) is 24.3 Å². The summed E-state index contributed by atoms with van der Waals surface area (Å²) in [6.45, 7) is 0. The molecule has 0 unspecified atom stereocenters. The van der Waals surface area contributed by atoms with Gasteiger partial charge in [-0.2, -0.15) is 0 Å². The lowest BCUT2D eigenvalue weighted by atomic mass is 10.4. The molecule has 4 nitrogen and oxygen atoms in total. The minimum absolute atomic E-state index is 0.467. The monoisotopic (exact) mass is 669 g/mol. The molecular formula is C11H5Br6N3O. The molecule has 0 N–H and O–H groups in total. The molecular weight excluding hydrogens is 670 g/mol. The molecule has 0 bridgehead atoms. The van der Waals surface area contributed by atoms with Crippen molar-refractivity contribution in [3.8, 4) is 0 Å². The Labute approximate surface area is 171 Å². The Morgan fingerprint density at radius 3 is 1.86 bits per heavy atom. The Balaban J connectivity index is 2.45. The van der Waals surface area contributed by atoms with Crippen LogP contribution in [0.5, 0.6) is 0 Å².